The van der Waals surface area contributed by atoms with Gasteiger partial charge in [-0.15, -0.1) is 0 Å². The lowest BCUT2D eigenvalue weighted by atomic mass is 10.1. The fraction of sp³-hybridized carbons (Fsp3) is 0.400. The zero-order chi connectivity index (χ0) is 13.8. The Hall–Kier alpha value is -1.81. The molecule has 0 aliphatic heterocycles. The van der Waals surface area contributed by atoms with Gasteiger partial charge in [0.1, 0.15) is 0 Å². The van der Waals surface area contributed by atoms with Crippen molar-refractivity contribution < 1.29 is 0 Å². The first-order valence-corrected chi connectivity index (χ1v) is 6.67. The summed E-state index contributed by atoms with van der Waals surface area (Å²) in [4.78, 5) is 2.30. The van der Waals surface area contributed by atoms with E-state index >= 15 is 0 Å². The van der Waals surface area contributed by atoms with Gasteiger partial charge in [0.15, 0.2) is 0 Å². The normalized spacial score (nSPS) is 12.8. The van der Waals surface area contributed by atoms with E-state index in [-0.39, 0.29) is 0 Å². The molecule has 2 rings (SSSR count). The summed E-state index contributed by atoms with van der Waals surface area (Å²) in [6, 6.07) is 8.41. The van der Waals surface area contributed by atoms with Gasteiger partial charge < -0.3 is 5.73 Å². The number of benzene rings is 1. The van der Waals surface area contributed by atoms with Crippen LogP contribution in [-0.2, 0) is 13.1 Å². The number of nitrogen functional groups attached to an aromatic ring is 1. The van der Waals surface area contributed by atoms with E-state index in [1.165, 1.54) is 11.1 Å². The molecule has 0 bridgehead atoms. The summed E-state index contributed by atoms with van der Waals surface area (Å²) in [6.07, 6.45) is 4.04. The molecule has 0 spiro atoms. The number of nitrogens with two attached hydrogens (primary N) is 1. The molecule has 1 atom stereocenters. The van der Waals surface area contributed by atoms with E-state index in [2.05, 4.69) is 43.2 Å². The third-order valence-corrected chi connectivity index (χ3v) is 3.50. The molecule has 19 heavy (non-hydrogen) atoms. The van der Waals surface area contributed by atoms with Crippen LogP contribution in [0.15, 0.2) is 36.7 Å². The Labute approximate surface area is 114 Å². The van der Waals surface area contributed by atoms with Crippen molar-refractivity contribution in [3.05, 3.63) is 47.8 Å². The fourth-order valence-electron chi connectivity index (χ4n) is 2.16. The second kappa shape index (κ2) is 5.89. The molecule has 1 unspecified atom stereocenters. The molecule has 2 N–H and O–H groups in total. The summed E-state index contributed by atoms with van der Waals surface area (Å²) in [5.74, 6) is 0. The Balaban J connectivity index is 2.04. The maximum absolute atomic E-state index is 5.84. The molecule has 4 heteroatoms. The minimum atomic E-state index is 0.327. The first-order chi connectivity index (χ1) is 9.10. The maximum atomic E-state index is 5.84. The Morgan fingerprint density at radius 3 is 2.84 bits per heavy atom. The van der Waals surface area contributed by atoms with Crippen LogP contribution in [0.2, 0.25) is 0 Å². The lowest BCUT2D eigenvalue weighted by Crippen LogP contribution is -2.21. The van der Waals surface area contributed by atoms with Gasteiger partial charge in [-0.05, 0) is 38.6 Å². The second-order valence-electron chi connectivity index (χ2n) is 4.97. The van der Waals surface area contributed by atoms with Gasteiger partial charge in [-0.25, -0.2) is 0 Å². The number of aryl methyl sites for hydroxylation is 1. The summed E-state index contributed by atoms with van der Waals surface area (Å²) in [5, 5.41) is 4.30. The largest absolute Gasteiger partial charge is 0.399 e. The highest BCUT2D eigenvalue weighted by Gasteiger charge is 2.12. The highest BCUT2D eigenvalue weighted by atomic mass is 15.3. The van der Waals surface area contributed by atoms with Crippen LogP contribution >= 0.6 is 0 Å². The minimum Gasteiger partial charge on any atom is -0.399 e. The van der Waals surface area contributed by atoms with Crippen molar-refractivity contribution in [3.63, 3.8) is 0 Å². The minimum absolute atomic E-state index is 0.327. The van der Waals surface area contributed by atoms with Crippen molar-refractivity contribution >= 4 is 5.69 Å². The van der Waals surface area contributed by atoms with Crippen LogP contribution in [0, 0.1) is 0 Å². The Bertz CT molecular complexity index is 532. The summed E-state index contributed by atoms with van der Waals surface area (Å²) in [6.45, 7) is 6.08. The van der Waals surface area contributed by atoms with E-state index in [0.29, 0.717) is 6.04 Å². The summed E-state index contributed by atoms with van der Waals surface area (Å²) >= 11 is 0. The molecule has 0 aliphatic carbocycles. The first-order valence-electron chi connectivity index (χ1n) is 6.67. The fourth-order valence-corrected chi connectivity index (χ4v) is 2.16. The lowest BCUT2D eigenvalue weighted by molar-refractivity contribution is 0.253. The van der Waals surface area contributed by atoms with Crippen LogP contribution in [0.4, 0.5) is 5.69 Å². The maximum Gasteiger partial charge on any atom is 0.0534 e. The third kappa shape index (κ3) is 3.35. The van der Waals surface area contributed by atoms with Crippen molar-refractivity contribution in [1.29, 1.82) is 0 Å². The molecule has 0 saturated carbocycles. The Morgan fingerprint density at radius 2 is 2.21 bits per heavy atom. The SMILES string of the molecule is CCn1cc(CN(C)C(C)c2cccc(N)c2)cn1. The summed E-state index contributed by atoms with van der Waals surface area (Å²) < 4.78 is 1.95. The van der Waals surface area contributed by atoms with Gasteiger partial charge in [-0.1, -0.05) is 12.1 Å². The molecule has 1 aromatic heterocycles. The van der Waals surface area contributed by atoms with Gasteiger partial charge >= 0.3 is 0 Å². The number of aromatic nitrogens is 2. The number of nitrogens with zero attached hydrogens (tertiary/aromatic N) is 3. The monoisotopic (exact) mass is 258 g/mol. The highest BCUT2D eigenvalue weighted by Crippen LogP contribution is 2.22. The number of anilines is 1. The average molecular weight is 258 g/mol. The highest BCUT2D eigenvalue weighted by molar-refractivity contribution is 5.41. The van der Waals surface area contributed by atoms with Crippen molar-refractivity contribution in [3.8, 4) is 0 Å². The topological polar surface area (TPSA) is 47.1 Å². The molecule has 0 aliphatic rings. The molecule has 1 heterocycles. The van der Waals surface area contributed by atoms with Gasteiger partial charge in [-0.2, -0.15) is 5.10 Å². The van der Waals surface area contributed by atoms with E-state index in [1.807, 2.05) is 29.1 Å². The quantitative estimate of drug-likeness (QED) is 0.839. The number of hydrogen-bond donors (Lipinski definition) is 1. The molecule has 0 radical (unpaired) electrons. The Kier molecular flexibility index (Phi) is 4.22. The van der Waals surface area contributed by atoms with Gasteiger partial charge in [0, 0.05) is 36.6 Å². The zero-order valence-electron chi connectivity index (χ0n) is 11.9. The molecule has 0 fully saturated rings. The molecule has 0 amide bonds. The lowest BCUT2D eigenvalue weighted by Gasteiger charge is -2.24. The molecule has 2 aromatic rings. The van der Waals surface area contributed by atoms with Crippen LogP contribution in [0.5, 0.6) is 0 Å². The molecule has 0 saturated heterocycles. The smallest absolute Gasteiger partial charge is 0.0534 e. The Morgan fingerprint density at radius 1 is 1.42 bits per heavy atom. The zero-order valence-corrected chi connectivity index (χ0v) is 11.9. The van der Waals surface area contributed by atoms with Gasteiger partial charge in [0.2, 0.25) is 0 Å². The number of rotatable bonds is 5. The molecular weight excluding hydrogens is 236 g/mol. The van der Waals surface area contributed by atoms with Crippen LogP contribution in [0.3, 0.4) is 0 Å². The molecule has 102 valence electrons. The van der Waals surface area contributed by atoms with Crippen molar-refractivity contribution in [2.24, 2.45) is 0 Å². The van der Waals surface area contributed by atoms with Crippen LogP contribution in [0.1, 0.15) is 31.0 Å². The van der Waals surface area contributed by atoms with Gasteiger partial charge in [0.25, 0.3) is 0 Å². The average Bonchev–Trinajstić information content (AvgIpc) is 2.85. The molecule has 1 aromatic carbocycles. The predicted molar refractivity (Wildman–Crippen MR) is 78.6 cm³/mol. The van der Waals surface area contributed by atoms with Crippen molar-refractivity contribution in [1.82, 2.24) is 14.7 Å². The number of hydrogen-bond acceptors (Lipinski definition) is 3. The first kappa shape index (κ1) is 13.6. The molecular formula is C15H22N4. The van der Waals surface area contributed by atoms with E-state index in [9.17, 15) is 0 Å². The van der Waals surface area contributed by atoms with E-state index in [0.717, 1.165) is 18.8 Å². The van der Waals surface area contributed by atoms with Crippen molar-refractivity contribution in [2.75, 3.05) is 12.8 Å². The third-order valence-electron chi connectivity index (χ3n) is 3.50. The van der Waals surface area contributed by atoms with Crippen molar-refractivity contribution in [2.45, 2.75) is 33.0 Å². The van der Waals surface area contributed by atoms with Crippen LogP contribution in [0.25, 0.3) is 0 Å². The van der Waals surface area contributed by atoms with E-state index in [1.54, 1.807) is 0 Å². The van der Waals surface area contributed by atoms with Gasteiger partial charge in [0.05, 0.1) is 6.20 Å². The van der Waals surface area contributed by atoms with Crippen LogP contribution in [-0.4, -0.2) is 21.7 Å². The summed E-state index contributed by atoms with van der Waals surface area (Å²) in [7, 11) is 2.12. The second-order valence-corrected chi connectivity index (χ2v) is 4.97. The standard InChI is InChI=1S/C15H22N4/c1-4-19-11-13(9-17-19)10-18(3)12(2)14-6-5-7-15(16)8-14/h5-9,11-12H,4,10,16H2,1-3H3. The van der Waals surface area contributed by atoms with Crippen LogP contribution < -0.4 is 5.73 Å². The van der Waals surface area contributed by atoms with Gasteiger partial charge in [-0.3, -0.25) is 9.58 Å². The van der Waals surface area contributed by atoms with E-state index < -0.39 is 0 Å². The predicted octanol–water partition coefficient (Wildman–Crippen LogP) is 2.68. The molecule has 4 nitrogen and oxygen atoms in total. The van der Waals surface area contributed by atoms with E-state index in [4.69, 9.17) is 5.73 Å². The summed E-state index contributed by atoms with van der Waals surface area (Å²) in [5.41, 5.74) is 9.13.